The van der Waals surface area contributed by atoms with Crippen LogP contribution in [0.25, 0.3) is 10.9 Å². The van der Waals surface area contributed by atoms with Crippen molar-refractivity contribution >= 4 is 16.9 Å². The third-order valence-corrected chi connectivity index (χ3v) is 3.43. The Hall–Kier alpha value is -1.77. The highest BCUT2D eigenvalue weighted by atomic mass is 16.4. The highest BCUT2D eigenvalue weighted by molar-refractivity contribution is 5.85. The van der Waals surface area contributed by atoms with Crippen molar-refractivity contribution in [2.45, 2.75) is 19.3 Å². The number of carboxylic acids is 1. The Labute approximate surface area is 93.1 Å². The van der Waals surface area contributed by atoms with E-state index in [-0.39, 0.29) is 5.92 Å². The van der Waals surface area contributed by atoms with Crippen LogP contribution < -0.4 is 5.11 Å². The van der Waals surface area contributed by atoms with E-state index in [4.69, 9.17) is 0 Å². The van der Waals surface area contributed by atoms with Crippen LogP contribution >= 0.6 is 0 Å². The molecule has 1 N–H and O–H groups in total. The molecule has 1 aromatic carbocycles. The van der Waals surface area contributed by atoms with Gasteiger partial charge in [-0.15, -0.1) is 0 Å². The second-order valence-corrected chi connectivity index (χ2v) is 4.39. The van der Waals surface area contributed by atoms with Gasteiger partial charge in [0.25, 0.3) is 0 Å². The number of hydrogen-bond donors (Lipinski definition) is 1. The number of nitrogens with one attached hydrogen (secondary N) is 1. The molecule has 0 saturated heterocycles. The zero-order chi connectivity index (χ0) is 11.1. The molecular formula is C13H12NO2-. The van der Waals surface area contributed by atoms with Crippen LogP contribution in [0.4, 0.5) is 0 Å². The second-order valence-electron chi connectivity index (χ2n) is 4.39. The first kappa shape index (κ1) is 9.46. The van der Waals surface area contributed by atoms with E-state index < -0.39 is 5.97 Å². The molecule has 0 unspecified atom stereocenters. The minimum atomic E-state index is -0.920. The van der Waals surface area contributed by atoms with Crippen LogP contribution in [0.3, 0.4) is 0 Å². The van der Waals surface area contributed by atoms with Gasteiger partial charge in [0.05, 0.1) is 0 Å². The Morgan fingerprint density at radius 2 is 2.19 bits per heavy atom. The zero-order valence-electron chi connectivity index (χ0n) is 8.82. The van der Waals surface area contributed by atoms with E-state index in [1.165, 1.54) is 5.69 Å². The number of aromatic amines is 1. The Bertz CT molecular complexity index is 556. The van der Waals surface area contributed by atoms with Crippen LogP contribution in [0.1, 0.15) is 17.7 Å². The van der Waals surface area contributed by atoms with Crippen molar-refractivity contribution in [1.29, 1.82) is 0 Å². The largest absolute Gasteiger partial charge is 0.550 e. The van der Waals surface area contributed by atoms with Gasteiger partial charge >= 0.3 is 0 Å². The van der Waals surface area contributed by atoms with Gasteiger partial charge in [-0.25, -0.2) is 0 Å². The summed E-state index contributed by atoms with van der Waals surface area (Å²) in [5, 5.41) is 12.1. The first-order valence-electron chi connectivity index (χ1n) is 5.55. The van der Waals surface area contributed by atoms with E-state index in [0.29, 0.717) is 12.8 Å². The summed E-state index contributed by atoms with van der Waals surface area (Å²) in [7, 11) is 0. The Kier molecular flexibility index (Phi) is 1.99. The number of H-pyrrole nitrogens is 1. The lowest BCUT2D eigenvalue weighted by molar-refractivity contribution is -0.311. The smallest absolute Gasteiger partial charge is 0.0458 e. The van der Waals surface area contributed by atoms with Gasteiger partial charge in [0.2, 0.25) is 0 Å². The molecule has 82 valence electrons. The number of carbonyl (C=O) groups excluding carboxylic acids is 1. The first-order valence-corrected chi connectivity index (χ1v) is 5.55. The SMILES string of the molecule is O=C([O-])[C@@H]1CCc2[nH]c3ccccc3c2C1. The molecule has 0 fully saturated rings. The highest BCUT2D eigenvalue weighted by Gasteiger charge is 2.22. The molecule has 1 atom stereocenters. The predicted molar refractivity (Wildman–Crippen MR) is 58.8 cm³/mol. The van der Waals surface area contributed by atoms with Crippen LogP contribution in [-0.4, -0.2) is 11.0 Å². The molecule has 3 heteroatoms. The molecule has 0 spiro atoms. The molecule has 0 amide bonds. The molecule has 0 bridgehead atoms. The van der Waals surface area contributed by atoms with Crippen molar-refractivity contribution in [3.63, 3.8) is 0 Å². The maximum absolute atomic E-state index is 10.9. The first-order chi connectivity index (χ1) is 7.75. The van der Waals surface area contributed by atoms with Gasteiger partial charge in [-0.05, 0) is 30.9 Å². The molecule has 0 saturated carbocycles. The molecule has 2 aromatic rings. The number of aromatic nitrogens is 1. The number of carbonyl (C=O) groups is 1. The van der Waals surface area contributed by atoms with Crippen molar-refractivity contribution < 1.29 is 9.90 Å². The molecule has 1 heterocycles. The van der Waals surface area contributed by atoms with Crippen LogP contribution in [0.15, 0.2) is 24.3 Å². The summed E-state index contributed by atoms with van der Waals surface area (Å²) in [5.41, 5.74) is 3.46. The van der Waals surface area contributed by atoms with Crippen molar-refractivity contribution in [2.24, 2.45) is 5.92 Å². The summed E-state index contributed by atoms with van der Waals surface area (Å²) < 4.78 is 0. The van der Waals surface area contributed by atoms with Gasteiger partial charge in [-0.3, -0.25) is 0 Å². The number of hydrogen-bond acceptors (Lipinski definition) is 2. The van der Waals surface area contributed by atoms with E-state index in [0.717, 1.165) is 22.9 Å². The Balaban J connectivity index is 2.11. The zero-order valence-corrected chi connectivity index (χ0v) is 8.82. The van der Waals surface area contributed by atoms with Crippen molar-refractivity contribution in [3.05, 3.63) is 35.5 Å². The summed E-state index contributed by atoms with van der Waals surface area (Å²) in [6.07, 6.45) is 2.09. The number of para-hydroxylation sites is 1. The number of carboxylic acid groups (broad SMARTS) is 1. The summed E-state index contributed by atoms with van der Waals surface area (Å²) >= 11 is 0. The quantitative estimate of drug-likeness (QED) is 0.770. The van der Waals surface area contributed by atoms with E-state index in [9.17, 15) is 9.90 Å². The number of aliphatic carboxylic acids is 1. The summed E-state index contributed by atoms with van der Waals surface area (Å²) in [6.45, 7) is 0. The van der Waals surface area contributed by atoms with Gasteiger partial charge in [0, 0.05) is 28.5 Å². The van der Waals surface area contributed by atoms with E-state index in [1.54, 1.807) is 0 Å². The predicted octanol–water partition coefficient (Wildman–Crippen LogP) is 1.02. The van der Waals surface area contributed by atoms with Crippen LogP contribution in [-0.2, 0) is 17.6 Å². The lowest BCUT2D eigenvalue weighted by atomic mass is 9.86. The van der Waals surface area contributed by atoms with E-state index >= 15 is 0 Å². The third kappa shape index (κ3) is 1.32. The van der Waals surface area contributed by atoms with Gasteiger partial charge in [0.15, 0.2) is 0 Å². The van der Waals surface area contributed by atoms with Crippen molar-refractivity contribution in [3.8, 4) is 0 Å². The summed E-state index contributed by atoms with van der Waals surface area (Å²) in [5.74, 6) is -1.25. The van der Waals surface area contributed by atoms with Gasteiger partial charge in [0.1, 0.15) is 0 Å². The monoisotopic (exact) mass is 214 g/mol. The van der Waals surface area contributed by atoms with E-state index in [2.05, 4.69) is 4.98 Å². The molecule has 1 aliphatic rings. The normalized spacial score (nSPS) is 19.6. The fraction of sp³-hybridized carbons (Fsp3) is 0.308. The number of rotatable bonds is 1. The topological polar surface area (TPSA) is 55.9 Å². The van der Waals surface area contributed by atoms with Crippen molar-refractivity contribution in [1.82, 2.24) is 4.98 Å². The maximum atomic E-state index is 10.9. The molecule has 0 aliphatic heterocycles. The van der Waals surface area contributed by atoms with E-state index in [1.807, 2.05) is 24.3 Å². The van der Waals surface area contributed by atoms with Gasteiger partial charge < -0.3 is 14.9 Å². The van der Waals surface area contributed by atoms with Crippen LogP contribution in [0, 0.1) is 5.92 Å². The highest BCUT2D eigenvalue weighted by Crippen LogP contribution is 2.31. The van der Waals surface area contributed by atoms with Crippen molar-refractivity contribution in [2.75, 3.05) is 0 Å². The lowest BCUT2D eigenvalue weighted by Gasteiger charge is -2.23. The fourth-order valence-electron chi connectivity index (χ4n) is 2.57. The Morgan fingerprint density at radius 1 is 1.38 bits per heavy atom. The van der Waals surface area contributed by atoms with Gasteiger partial charge in [-0.1, -0.05) is 18.2 Å². The number of fused-ring (bicyclic) bond motifs is 3. The molecule has 3 nitrogen and oxygen atoms in total. The lowest BCUT2D eigenvalue weighted by Crippen LogP contribution is -2.34. The average Bonchev–Trinajstić information content (AvgIpc) is 2.66. The maximum Gasteiger partial charge on any atom is 0.0458 e. The summed E-state index contributed by atoms with van der Waals surface area (Å²) in [6, 6.07) is 8.05. The molecule has 0 radical (unpaired) electrons. The fourth-order valence-corrected chi connectivity index (χ4v) is 2.57. The third-order valence-electron chi connectivity index (χ3n) is 3.43. The number of aryl methyl sites for hydroxylation is 1. The Morgan fingerprint density at radius 3 is 3.00 bits per heavy atom. The van der Waals surface area contributed by atoms with Crippen LogP contribution in [0.2, 0.25) is 0 Å². The summed E-state index contributed by atoms with van der Waals surface area (Å²) in [4.78, 5) is 14.3. The number of benzene rings is 1. The minimum absolute atomic E-state index is 0.327. The molecule has 1 aliphatic carbocycles. The van der Waals surface area contributed by atoms with Crippen LogP contribution in [0.5, 0.6) is 0 Å². The molecule has 16 heavy (non-hydrogen) atoms. The minimum Gasteiger partial charge on any atom is -0.550 e. The standard InChI is InChI=1S/C13H13NO2/c15-13(16)8-5-6-12-10(7-8)9-3-1-2-4-11(9)14-12/h1-4,8,14H,5-7H2,(H,15,16)/p-1/t8-/m1/s1. The average molecular weight is 214 g/mol. The molecular weight excluding hydrogens is 202 g/mol. The second kappa shape index (κ2) is 3.37. The molecule has 3 rings (SSSR count). The van der Waals surface area contributed by atoms with Gasteiger partial charge in [-0.2, -0.15) is 0 Å². The molecule has 1 aromatic heterocycles.